The Morgan fingerprint density at radius 1 is 1.22 bits per heavy atom. The van der Waals surface area contributed by atoms with Crippen LogP contribution in [0.3, 0.4) is 0 Å². The molecule has 0 saturated carbocycles. The monoisotopic (exact) mass is 322 g/mol. The maximum absolute atomic E-state index is 12.8. The molecule has 4 heteroatoms. The van der Waals surface area contributed by atoms with Gasteiger partial charge >= 0.3 is 0 Å². The molecule has 114 valence electrons. The van der Waals surface area contributed by atoms with Crippen LogP contribution < -0.4 is 5.56 Å². The lowest BCUT2D eigenvalue weighted by atomic mass is 10.1. The number of rotatable bonds is 1. The summed E-state index contributed by atoms with van der Waals surface area (Å²) >= 11 is 6.03. The van der Waals surface area contributed by atoms with Gasteiger partial charge in [0.1, 0.15) is 5.82 Å². The molecule has 3 nitrogen and oxygen atoms in total. The standard InChI is InChI=1S/C19H15ClN2O/c1-12-9-14(10-13-5-3-2-4-6-13)18-21-17-8-7-15(20)11-16(17)19(23)22(12)18/h2-8,10-12H,9H2,1H3. The highest BCUT2D eigenvalue weighted by Gasteiger charge is 2.26. The van der Waals surface area contributed by atoms with Crippen LogP contribution in [0.5, 0.6) is 0 Å². The quantitative estimate of drug-likeness (QED) is 0.658. The Balaban J connectivity index is 1.96. The maximum Gasteiger partial charge on any atom is 0.261 e. The molecule has 1 aliphatic rings. The topological polar surface area (TPSA) is 34.9 Å². The molecule has 0 aliphatic carbocycles. The average Bonchev–Trinajstić information content (AvgIpc) is 2.85. The van der Waals surface area contributed by atoms with Crippen LogP contribution in [0.2, 0.25) is 5.02 Å². The van der Waals surface area contributed by atoms with Crippen molar-refractivity contribution in [3.05, 3.63) is 75.3 Å². The Morgan fingerprint density at radius 3 is 2.78 bits per heavy atom. The molecule has 0 radical (unpaired) electrons. The molecule has 2 aromatic carbocycles. The van der Waals surface area contributed by atoms with Crippen molar-refractivity contribution in [2.75, 3.05) is 0 Å². The van der Waals surface area contributed by atoms with E-state index in [1.54, 1.807) is 16.7 Å². The third kappa shape index (κ3) is 2.37. The van der Waals surface area contributed by atoms with Crippen LogP contribution in [0.15, 0.2) is 53.3 Å². The molecular formula is C19H15ClN2O. The van der Waals surface area contributed by atoms with Crippen molar-refractivity contribution < 1.29 is 0 Å². The van der Waals surface area contributed by atoms with Crippen LogP contribution in [0, 0.1) is 0 Å². The van der Waals surface area contributed by atoms with E-state index < -0.39 is 0 Å². The van der Waals surface area contributed by atoms with Crippen molar-refractivity contribution >= 4 is 34.2 Å². The molecule has 0 spiro atoms. The molecule has 0 amide bonds. The molecule has 4 rings (SSSR count). The Hall–Kier alpha value is -2.39. The molecule has 2 heterocycles. The lowest BCUT2D eigenvalue weighted by Gasteiger charge is -2.09. The predicted molar refractivity (Wildman–Crippen MR) is 94.7 cm³/mol. The van der Waals surface area contributed by atoms with Gasteiger partial charge in [0.05, 0.1) is 10.9 Å². The van der Waals surface area contributed by atoms with E-state index in [0.717, 1.165) is 23.4 Å². The molecule has 3 aromatic rings. The van der Waals surface area contributed by atoms with Gasteiger partial charge in [-0.1, -0.05) is 41.9 Å². The zero-order valence-electron chi connectivity index (χ0n) is 12.7. The Bertz CT molecular complexity index is 989. The number of nitrogens with zero attached hydrogens (tertiary/aromatic N) is 2. The predicted octanol–water partition coefficient (Wildman–Crippen LogP) is 4.56. The number of hydrogen-bond acceptors (Lipinski definition) is 2. The molecule has 1 aliphatic heterocycles. The Morgan fingerprint density at radius 2 is 2.00 bits per heavy atom. The van der Waals surface area contributed by atoms with Crippen LogP contribution in [0.1, 0.15) is 30.8 Å². The average molecular weight is 323 g/mol. The van der Waals surface area contributed by atoms with Gasteiger partial charge in [-0.25, -0.2) is 4.98 Å². The van der Waals surface area contributed by atoms with Crippen molar-refractivity contribution in [2.24, 2.45) is 0 Å². The lowest BCUT2D eigenvalue weighted by molar-refractivity contribution is 0.574. The number of fused-ring (bicyclic) bond motifs is 2. The zero-order chi connectivity index (χ0) is 16.0. The minimum absolute atomic E-state index is 0.0172. The summed E-state index contributed by atoms with van der Waals surface area (Å²) in [6.07, 6.45) is 2.92. The Labute approximate surface area is 138 Å². The number of allylic oxidation sites excluding steroid dienone is 1. The smallest absolute Gasteiger partial charge is 0.261 e. The first-order valence-corrected chi connectivity index (χ1v) is 7.99. The number of aromatic nitrogens is 2. The summed E-state index contributed by atoms with van der Waals surface area (Å²) in [7, 11) is 0. The zero-order valence-corrected chi connectivity index (χ0v) is 13.4. The van der Waals surface area contributed by atoms with E-state index in [4.69, 9.17) is 16.6 Å². The highest BCUT2D eigenvalue weighted by atomic mass is 35.5. The normalized spacial score (nSPS) is 18.5. The van der Waals surface area contributed by atoms with Crippen molar-refractivity contribution in [3.63, 3.8) is 0 Å². The van der Waals surface area contributed by atoms with E-state index in [9.17, 15) is 4.79 Å². The summed E-state index contributed by atoms with van der Waals surface area (Å²) in [5.74, 6) is 0.765. The fourth-order valence-electron chi connectivity index (χ4n) is 3.18. The second-order valence-electron chi connectivity index (χ2n) is 5.91. The summed E-state index contributed by atoms with van der Waals surface area (Å²) in [6, 6.07) is 15.5. The molecule has 1 aromatic heterocycles. The lowest BCUT2D eigenvalue weighted by Crippen LogP contribution is -2.23. The van der Waals surface area contributed by atoms with Crippen molar-refractivity contribution in [1.82, 2.24) is 9.55 Å². The second kappa shape index (κ2) is 5.36. The molecule has 1 atom stereocenters. The first-order valence-electron chi connectivity index (χ1n) is 7.61. The molecular weight excluding hydrogens is 308 g/mol. The van der Waals surface area contributed by atoms with E-state index in [1.807, 2.05) is 24.3 Å². The van der Waals surface area contributed by atoms with E-state index >= 15 is 0 Å². The SMILES string of the molecule is CC1CC(=Cc2ccccc2)c2nc3ccc(Cl)cc3c(=O)n21. The molecule has 0 saturated heterocycles. The fourth-order valence-corrected chi connectivity index (χ4v) is 3.35. The van der Waals surface area contributed by atoms with Gasteiger partial charge < -0.3 is 0 Å². The minimum atomic E-state index is -0.0172. The van der Waals surface area contributed by atoms with Gasteiger partial charge in [-0.2, -0.15) is 0 Å². The van der Waals surface area contributed by atoms with Crippen molar-refractivity contribution in [1.29, 1.82) is 0 Å². The first-order chi connectivity index (χ1) is 11.1. The molecule has 0 N–H and O–H groups in total. The van der Waals surface area contributed by atoms with Gasteiger partial charge in [-0.3, -0.25) is 9.36 Å². The summed E-state index contributed by atoms with van der Waals surface area (Å²) in [5, 5.41) is 1.14. The summed E-state index contributed by atoms with van der Waals surface area (Å²) in [4.78, 5) is 17.5. The van der Waals surface area contributed by atoms with Gasteiger partial charge in [-0.05, 0) is 48.8 Å². The Kier molecular flexibility index (Phi) is 3.31. The van der Waals surface area contributed by atoms with Gasteiger partial charge in [0.15, 0.2) is 0 Å². The van der Waals surface area contributed by atoms with Crippen LogP contribution in [0.4, 0.5) is 0 Å². The van der Waals surface area contributed by atoms with E-state index in [2.05, 4.69) is 25.1 Å². The third-order valence-corrected chi connectivity index (χ3v) is 4.48. The van der Waals surface area contributed by atoms with Crippen LogP contribution in [0.25, 0.3) is 22.6 Å². The minimum Gasteiger partial charge on any atom is -0.289 e. The third-order valence-electron chi connectivity index (χ3n) is 4.25. The van der Waals surface area contributed by atoms with Gasteiger partial charge in [0, 0.05) is 11.1 Å². The van der Waals surface area contributed by atoms with Gasteiger partial charge in [-0.15, -0.1) is 0 Å². The van der Waals surface area contributed by atoms with Crippen LogP contribution in [-0.4, -0.2) is 9.55 Å². The fraction of sp³-hybridized carbons (Fsp3) is 0.158. The number of hydrogen-bond donors (Lipinski definition) is 0. The van der Waals surface area contributed by atoms with Gasteiger partial charge in [0.2, 0.25) is 0 Å². The number of benzene rings is 2. The van der Waals surface area contributed by atoms with Gasteiger partial charge in [0.25, 0.3) is 5.56 Å². The van der Waals surface area contributed by atoms with Crippen LogP contribution in [-0.2, 0) is 0 Å². The molecule has 0 bridgehead atoms. The molecule has 0 fully saturated rings. The largest absolute Gasteiger partial charge is 0.289 e. The number of halogens is 1. The van der Waals surface area contributed by atoms with Crippen LogP contribution >= 0.6 is 11.6 Å². The summed E-state index contributed by atoms with van der Waals surface area (Å²) in [5.41, 5.74) is 2.89. The second-order valence-corrected chi connectivity index (χ2v) is 6.34. The van der Waals surface area contributed by atoms with E-state index in [-0.39, 0.29) is 11.6 Å². The highest BCUT2D eigenvalue weighted by molar-refractivity contribution is 6.31. The highest BCUT2D eigenvalue weighted by Crippen LogP contribution is 2.34. The first kappa shape index (κ1) is 14.2. The molecule has 23 heavy (non-hydrogen) atoms. The van der Waals surface area contributed by atoms with Crippen molar-refractivity contribution in [3.8, 4) is 0 Å². The van der Waals surface area contributed by atoms with Crippen molar-refractivity contribution in [2.45, 2.75) is 19.4 Å². The van der Waals surface area contributed by atoms with E-state index in [0.29, 0.717) is 15.9 Å². The van der Waals surface area contributed by atoms with E-state index in [1.165, 1.54) is 0 Å². The maximum atomic E-state index is 12.8. The molecule has 1 unspecified atom stereocenters. The summed E-state index contributed by atoms with van der Waals surface area (Å²) in [6.45, 7) is 2.05. The summed E-state index contributed by atoms with van der Waals surface area (Å²) < 4.78 is 1.79.